The normalized spacial score (nSPS) is 26.5. The number of carboxylic acids is 1. The van der Waals surface area contributed by atoms with E-state index in [0.717, 1.165) is 19.3 Å². The topological polar surface area (TPSA) is 55.1 Å². The lowest BCUT2D eigenvalue weighted by molar-refractivity contribution is -0.143. The molecule has 1 saturated carbocycles. The van der Waals surface area contributed by atoms with E-state index < -0.39 is 5.97 Å². The second kappa shape index (κ2) is 4.23. The van der Waals surface area contributed by atoms with Crippen molar-refractivity contribution in [1.29, 1.82) is 0 Å². The van der Waals surface area contributed by atoms with E-state index in [9.17, 15) is 4.79 Å². The highest BCUT2D eigenvalue weighted by Gasteiger charge is 2.28. The SMILES string of the molecule is O=C(O)C1CCCC(n2nccc2Cl)C1. The molecule has 0 bridgehead atoms. The van der Waals surface area contributed by atoms with Crippen LogP contribution in [0.4, 0.5) is 0 Å². The van der Waals surface area contributed by atoms with Gasteiger partial charge in [0.25, 0.3) is 0 Å². The van der Waals surface area contributed by atoms with Gasteiger partial charge in [-0.25, -0.2) is 0 Å². The number of aromatic nitrogens is 2. The number of rotatable bonds is 2. The van der Waals surface area contributed by atoms with Crippen LogP contribution in [-0.4, -0.2) is 20.9 Å². The van der Waals surface area contributed by atoms with Crippen molar-refractivity contribution in [1.82, 2.24) is 9.78 Å². The smallest absolute Gasteiger partial charge is 0.306 e. The first-order valence-corrected chi connectivity index (χ1v) is 5.48. The Morgan fingerprint density at radius 3 is 3.00 bits per heavy atom. The van der Waals surface area contributed by atoms with E-state index >= 15 is 0 Å². The fourth-order valence-corrected chi connectivity index (χ4v) is 2.42. The lowest BCUT2D eigenvalue weighted by Gasteiger charge is -2.27. The second-order valence-electron chi connectivity index (χ2n) is 3.95. The standard InChI is InChI=1S/C10H13ClN2O2/c11-9-4-5-12-13(9)8-3-1-2-7(6-8)10(14)15/h4-5,7-8H,1-3,6H2,(H,14,15). The summed E-state index contributed by atoms with van der Waals surface area (Å²) >= 11 is 5.95. The summed E-state index contributed by atoms with van der Waals surface area (Å²) in [5.41, 5.74) is 0. The Balaban J connectivity index is 2.11. The highest BCUT2D eigenvalue weighted by molar-refractivity contribution is 6.29. The molecule has 5 heteroatoms. The van der Waals surface area contributed by atoms with Crippen LogP contribution in [0.15, 0.2) is 12.3 Å². The predicted octanol–water partition coefficient (Wildman–Crippen LogP) is 2.35. The third kappa shape index (κ3) is 2.15. The first kappa shape index (κ1) is 10.5. The highest BCUT2D eigenvalue weighted by atomic mass is 35.5. The van der Waals surface area contributed by atoms with Crippen molar-refractivity contribution in [2.45, 2.75) is 31.7 Å². The Kier molecular flexibility index (Phi) is 2.95. The summed E-state index contributed by atoms with van der Waals surface area (Å²) in [6.07, 6.45) is 4.94. The van der Waals surface area contributed by atoms with Gasteiger partial charge in [-0.2, -0.15) is 5.10 Å². The van der Waals surface area contributed by atoms with E-state index in [4.69, 9.17) is 16.7 Å². The van der Waals surface area contributed by atoms with Crippen LogP contribution in [0.25, 0.3) is 0 Å². The molecule has 0 spiro atoms. The molecule has 2 unspecified atom stereocenters. The summed E-state index contributed by atoms with van der Waals surface area (Å²) in [6.45, 7) is 0. The summed E-state index contributed by atoms with van der Waals surface area (Å²) in [5.74, 6) is -0.952. The molecule has 4 nitrogen and oxygen atoms in total. The summed E-state index contributed by atoms with van der Waals surface area (Å²) in [6, 6.07) is 1.87. The van der Waals surface area contributed by atoms with Crippen LogP contribution < -0.4 is 0 Å². The van der Waals surface area contributed by atoms with Gasteiger partial charge in [0, 0.05) is 0 Å². The molecular weight excluding hydrogens is 216 g/mol. The van der Waals surface area contributed by atoms with Gasteiger partial charge >= 0.3 is 5.97 Å². The molecule has 1 aromatic rings. The summed E-state index contributed by atoms with van der Waals surface area (Å²) in [4.78, 5) is 10.9. The zero-order valence-electron chi connectivity index (χ0n) is 8.27. The van der Waals surface area contributed by atoms with E-state index in [-0.39, 0.29) is 12.0 Å². The molecule has 0 amide bonds. The van der Waals surface area contributed by atoms with Gasteiger partial charge in [0.1, 0.15) is 5.15 Å². The number of hydrogen-bond donors (Lipinski definition) is 1. The van der Waals surface area contributed by atoms with Crippen molar-refractivity contribution < 1.29 is 9.90 Å². The fraction of sp³-hybridized carbons (Fsp3) is 0.600. The number of nitrogens with zero attached hydrogens (tertiary/aromatic N) is 2. The molecule has 1 aliphatic carbocycles. The maximum absolute atomic E-state index is 10.9. The van der Waals surface area contributed by atoms with E-state index in [0.29, 0.717) is 11.6 Å². The Morgan fingerprint density at radius 2 is 2.40 bits per heavy atom. The van der Waals surface area contributed by atoms with E-state index in [1.165, 1.54) is 0 Å². The predicted molar refractivity (Wildman–Crippen MR) is 55.9 cm³/mol. The van der Waals surface area contributed by atoms with Gasteiger partial charge in [-0.3, -0.25) is 9.48 Å². The summed E-state index contributed by atoms with van der Waals surface area (Å²) in [7, 11) is 0. The second-order valence-corrected chi connectivity index (χ2v) is 4.34. The molecule has 1 aliphatic rings. The van der Waals surface area contributed by atoms with Crippen LogP contribution in [0.1, 0.15) is 31.7 Å². The Labute approximate surface area is 92.8 Å². The number of halogens is 1. The van der Waals surface area contributed by atoms with Crippen LogP contribution in [-0.2, 0) is 4.79 Å². The molecule has 1 N–H and O–H groups in total. The minimum absolute atomic E-state index is 0.141. The molecular formula is C10H13ClN2O2. The lowest BCUT2D eigenvalue weighted by atomic mass is 9.86. The molecule has 0 aromatic carbocycles. The van der Waals surface area contributed by atoms with Gasteiger partial charge in [-0.1, -0.05) is 18.0 Å². The number of carboxylic acid groups (broad SMARTS) is 1. The largest absolute Gasteiger partial charge is 0.481 e. The van der Waals surface area contributed by atoms with Crippen LogP contribution in [0, 0.1) is 5.92 Å². The Bertz CT molecular complexity index is 364. The fourth-order valence-electron chi connectivity index (χ4n) is 2.18. The van der Waals surface area contributed by atoms with Gasteiger partial charge < -0.3 is 5.11 Å². The van der Waals surface area contributed by atoms with E-state index in [1.807, 2.05) is 0 Å². The van der Waals surface area contributed by atoms with Gasteiger partial charge in [0.05, 0.1) is 18.2 Å². The number of carbonyl (C=O) groups is 1. The maximum Gasteiger partial charge on any atom is 0.306 e. The van der Waals surface area contributed by atoms with Crippen molar-refractivity contribution in [3.05, 3.63) is 17.4 Å². The van der Waals surface area contributed by atoms with E-state index in [2.05, 4.69) is 5.10 Å². The average Bonchev–Trinajstić information content (AvgIpc) is 2.64. The third-order valence-electron chi connectivity index (χ3n) is 2.96. The minimum Gasteiger partial charge on any atom is -0.481 e. The van der Waals surface area contributed by atoms with Crippen molar-refractivity contribution in [2.24, 2.45) is 5.92 Å². The highest BCUT2D eigenvalue weighted by Crippen LogP contribution is 2.33. The monoisotopic (exact) mass is 228 g/mol. The zero-order valence-corrected chi connectivity index (χ0v) is 9.02. The van der Waals surface area contributed by atoms with E-state index in [1.54, 1.807) is 16.9 Å². The van der Waals surface area contributed by atoms with Crippen molar-refractivity contribution >= 4 is 17.6 Å². The zero-order chi connectivity index (χ0) is 10.8. The van der Waals surface area contributed by atoms with Crippen molar-refractivity contribution in [3.63, 3.8) is 0 Å². The molecule has 82 valence electrons. The van der Waals surface area contributed by atoms with Gasteiger partial charge in [0.2, 0.25) is 0 Å². The molecule has 2 atom stereocenters. The molecule has 2 rings (SSSR count). The number of aliphatic carboxylic acids is 1. The van der Waals surface area contributed by atoms with Crippen LogP contribution in [0.3, 0.4) is 0 Å². The lowest BCUT2D eigenvalue weighted by Crippen LogP contribution is -2.25. The van der Waals surface area contributed by atoms with Crippen LogP contribution >= 0.6 is 11.6 Å². The van der Waals surface area contributed by atoms with Gasteiger partial charge in [0.15, 0.2) is 0 Å². The molecule has 1 heterocycles. The molecule has 1 fully saturated rings. The third-order valence-corrected chi connectivity index (χ3v) is 3.26. The first-order chi connectivity index (χ1) is 7.18. The van der Waals surface area contributed by atoms with Crippen LogP contribution in [0.5, 0.6) is 0 Å². The summed E-state index contributed by atoms with van der Waals surface area (Å²) in [5, 5.41) is 13.7. The molecule has 15 heavy (non-hydrogen) atoms. The molecule has 0 aliphatic heterocycles. The molecule has 1 aromatic heterocycles. The van der Waals surface area contributed by atoms with Crippen molar-refractivity contribution in [2.75, 3.05) is 0 Å². The van der Waals surface area contributed by atoms with Crippen molar-refractivity contribution in [3.8, 4) is 0 Å². The van der Waals surface area contributed by atoms with Gasteiger partial charge in [-0.15, -0.1) is 0 Å². The maximum atomic E-state index is 10.9. The Hall–Kier alpha value is -1.03. The molecule has 0 saturated heterocycles. The van der Waals surface area contributed by atoms with Gasteiger partial charge in [-0.05, 0) is 25.3 Å². The average molecular weight is 229 g/mol. The van der Waals surface area contributed by atoms with Crippen LogP contribution in [0.2, 0.25) is 5.15 Å². The summed E-state index contributed by atoms with van der Waals surface area (Å²) < 4.78 is 1.73. The molecule has 0 radical (unpaired) electrons. The first-order valence-electron chi connectivity index (χ1n) is 5.10. The quantitative estimate of drug-likeness (QED) is 0.846. The number of hydrogen-bond acceptors (Lipinski definition) is 2. The Morgan fingerprint density at radius 1 is 1.60 bits per heavy atom. The minimum atomic E-state index is -0.706.